The van der Waals surface area contributed by atoms with E-state index in [1.807, 2.05) is 0 Å². The highest BCUT2D eigenvalue weighted by Gasteiger charge is 2.29. The Labute approximate surface area is 92.7 Å². The molecule has 0 aliphatic heterocycles. The topological polar surface area (TPSA) is 145 Å². The minimum atomic E-state index is -3.63. The number of carboxylic acid groups (broad SMARTS) is 2. The molecular weight excluding hydrogens is 237 g/mol. The Morgan fingerprint density at radius 2 is 1.88 bits per heavy atom. The minimum absolute atomic E-state index is 0.143. The first kappa shape index (κ1) is 15.1. The molecule has 8 heteroatoms. The highest BCUT2D eigenvalue weighted by atomic mass is 31.2. The molecule has 0 radical (unpaired) electrons. The minimum Gasteiger partial charge on any atom is -0.550 e. The molecule has 4 N–H and O–H groups in total. The van der Waals surface area contributed by atoms with Gasteiger partial charge in [0.15, 0.2) is 0 Å². The summed E-state index contributed by atoms with van der Waals surface area (Å²) < 4.78 is 11.4. The summed E-state index contributed by atoms with van der Waals surface area (Å²) in [7, 11) is -3.63. The summed E-state index contributed by atoms with van der Waals surface area (Å²) in [4.78, 5) is 30.0. The van der Waals surface area contributed by atoms with Gasteiger partial charge in [0.1, 0.15) is 11.5 Å². The molecule has 0 bridgehead atoms. The fraction of sp³-hybridized carbons (Fsp3) is 0.750. The van der Waals surface area contributed by atoms with Crippen LogP contribution in [0.5, 0.6) is 0 Å². The first-order chi connectivity index (χ1) is 7.07. The number of hydrogen-bond donors (Lipinski definition) is 2. The third-order valence-electron chi connectivity index (χ3n) is 2.17. The van der Waals surface area contributed by atoms with Crippen molar-refractivity contribution >= 4 is 19.3 Å². The van der Waals surface area contributed by atoms with Crippen LogP contribution in [0.4, 0.5) is 0 Å². The van der Waals surface area contributed by atoms with Gasteiger partial charge in [-0.25, -0.2) is 0 Å². The number of hydrogen-bond acceptors (Lipinski definition) is 5. The van der Waals surface area contributed by atoms with Crippen LogP contribution in [0.1, 0.15) is 19.8 Å². The van der Waals surface area contributed by atoms with Crippen LogP contribution < -0.4 is 15.9 Å². The Balaban J connectivity index is 4.23. The smallest absolute Gasteiger partial charge is 0.201 e. The molecule has 7 nitrogen and oxygen atoms in total. The summed E-state index contributed by atoms with van der Waals surface area (Å²) in [6, 6.07) is 0. The van der Waals surface area contributed by atoms with Crippen molar-refractivity contribution in [3.8, 4) is 0 Å². The molecule has 0 heterocycles. The lowest BCUT2D eigenvalue weighted by molar-refractivity contribution is -0.481. The summed E-state index contributed by atoms with van der Waals surface area (Å²) in [5, 5.41) is 20.7. The molecule has 0 aromatic rings. The molecule has 94 valence electrons. The zero-order chi connectivity index (χ0) is 13.0. The van der Waals surface area contributed by atoms with Crippen molar-refractivity contribution in [2.45, 2.75) is 25.3 Å². The largest absolute Gasteiger partial charge is 0.550 e. The maximum atomic E-state index is 11.4. The highest BCUT2D eigenvalue weighted by Crippen LogP contribution is 2.42. The van der Waals surface area contributed by atoms with Crippen LogP contribution in [0, 0.1) is 0 Å². The average molecular weight is 252 g/mol. The summed E-state index contributed by atoms with van der Waals surface area (Å²) in [6.45, 7) is 1.28. The maximum absolute atomic E-state index is 11.4. The molecule has 16 heavy (non-hydrogen) atoms. The average Bonchev–Trinajstić information content (AvgIpc) is 2.12. The number of carbonyl (C=O) groups is 2. The van der Waals surface area contributed by atoms with Crippen LogP contribution in [0.25, 0.3) is 0 Å². The van der Waals surface area contributed by atoms with Gasteiger partial charge in [0.2, 0.25) is 7.37 Å². The fourth-order valence-electron chi connectivity index (χ4n) is 0.901. The van der Waals surface area contributed by atoms with Crippen LogP contribution in [-0.4, -0.2) is 34.7 Å². The number of quaternary nitrogens is 1. The normalized spacial score (nSPS) is 18.4. The van der Waals surface area contributed by atoms with Gasteiger partial charge < -0.3 is 30.4 Å². The molecule has 0 amide bonds. The maximum Gasteiger partial charge on any atom is 0.201 e. The van der Waals surface area contributed by atoms with E-state index in [2.05, 4.69) is 5.73 Å². The van der Waals surface area contributed by atoms with Gasteiger partial charge in [0, 0.05) is 24.7 Å². The van der Waals surface area contributed by atoms with Crippen LogP contribution in [0.15, 0.2) is 0 Å². The van der Waals surface area contributed by atoms with Crippen molar-refractivity contribution in [2.24, 2.45) is 0 Å². The van der Waals surface area contributed by atoms with Crippen molar-refractivity contribution in [1.29, 1.82) is 0 Å². The van der Waals surface area contributed by atoms with E-state index < -0.39 is 37.4 Å². The molecule has 0 aliphatic rings. The van der Waals surface area contributed by atoms with Gasteiger partial charge in [-0.1, -0.05) is 0 Å². The lowest BCUT2D eigenvalue weighted by Gasteiger charge is -2.23. The number of aliphatic carboxylic acids is 2. The third kappa shape index (κ3) is 5.85. The molecule has 0 aliphatic carbocycles. The van der Waals surface area contributed by atoms with Gasteiger partial charge in [-0.05, 0) is 13.3 Å². The molecule has 0 saturated heterocycles. The van der Waals surface area contributed by atoms with Crippen LogP contribution in [0.2, 0.25) is 0 Å². The Bertz CT molecular complexity index is 326. The van der Waals surface area contributed by atoms with Gasteiger partial charge in [0.05, 0.1) is 0 Å². The monoisotopic (exact) mass is 252 g/mol. The van der Waals surface area contributed by atoms with Gasteiger partial charge in [-0.3, -0.25) is 4.57 Å². The summed E-state index contributed by atoms with van der Waals surface area (Å²) in [5.41, 5.74) is 1.90. The van der Waals surface area contributed by atoms with E-state index in [0.717, 1.165) is 0 Å². The molecule has 0 fully saturated rings. The second-order valence-corrected chi connectivity index (χ2v) is 6.60. The highest BCUT2D eigenvalue weighted by molar-refractivity contribution is 7.58. The van der Waals surface area contributed by atoms with Crippen LogP contribution in [0.3, 0.4) is 0 Å². The molecule has 0 saturated carbocycles. The van der Waals surface area contributed by atoms with Crippen molar-refractivity contribution in [3.63, 3.8) is 0 Å². The van der Waals surface area contributed by atoms with Crippen molar-refractivity contribution < 1.29 is 35.0 Å². The predicted molar refractivity (Wildman–Crippen MR) is 50.1 cm³/mol. The Kier molecular flexibility index (Phi) is 5.12. The Morgan fingerprint density at radius 3 is 2.25 bits per heavy atom. The Morgan fingerprint density at radius 1 is 1.38 bits per heavy atom. The number of carboxylic acids is 2. The zero-order valence-corrected chi connectivity index (χ0v) is 9.87. The van der Waals surface area contributed by atoms with E-state index in [4.69, 9.17) is 0 Å². The van der Waals surface area contributed by atoms with Gasteiger partial charge >= 0.3 is 0 Å². The van der Waals surface area contributed by atoms with E-state index in [9.17, 15) is 29.3 Å². The van der Waals surface area contributed by atoms with Crippen LogP contribution >= 0.6 is 7.37 Å². The standard InChI is InChI=1S/C8H16NO6P/c1-8(9,7(12)13)3-5-16(14,15)4-2-6(10)11/h2-5,9H2,1H3,(H,10,11)(H,12,13)(H,14,15)/p-1/t8-/m1/s1. The van der Waals surface area contributed by atoms with Gasteiger partial charge in [-0.15, -0.1) is 0 Å². The molecule has 0 rings (SSSR count). The second kappa shape index (κ2) is 5.43. The van der Waals surface area contributed by atoms with Crippen molar-refractivity contribution in [2.75, 3.05) is 12.3 Å². The van der Waals surface area contributed by atoms with Crippen molar-refractivity contribution in [1.82, 2.24) is 0 Å². The quantitative estimate of drug-likeness (QED) is 0.450. The fourth-order valence-corrected chi connectivity index (χ4v) is 2.50. The molecule has 0 aromatic heterocycles. The van der Waals surface area contributed by atoms with Crippen molar-refractivity contribution in [3.05, 3.63) is 0 Å². The predicted octanol–water partition coefficient (Wildman–Crippen LogP) is -3.46. The lowest BCUT2D eigenvalue weighted by atomic mass is 10.0. The van der Waals surface area contributed by atoms with Gasteiger partial charge in [0.25, 0.3) is 0 Å². The molecule has 0 spiro atoms. The Hall–Kier alpha value is -0.910. The third-order valence-corrected chi connectivity index (χ3v) is 4.02. The van der Waals surface area contributed by atoms with E-state index in [1.165, 1.54) is 6.92 Å². The molecule has 0 aromatic carbocycles. The first-order valence-electron chi connectivity index (χ1n) is 4.64. The summed E-state index contributed by atoms with van der Waals surface area (Å²) >= 11 is 0. The molecule has 1 unspecified atom stereocenters. The second-order valence-electron chi connectivity index (χ2n) is 4.01. The lowest BCUT2D eigenvalue weighted by Crippen LogP contribution is -2.78. The van der Waals surface area contributed by atoms with Gasteiger partial charge in [-0.2, -0.15) is 0 Å². The molecule has 2 atom stereocenters. The first-order valence-corrected chi connectivity index (χ1v) is 6.67. The van der Waals surface area contributed by atoms with E-state index in [1.54, 1.807) is 0 Å². The summed E-state index contributed by atoms with van der Waals surface area (Å²) in [5.74, 6) is -2.82. The SMILES string of the molecule is C[C@@]([NH3+])(CCP(=O)(O)CCC(=O)[O-])C(=O)[O-]. The number of rotatable bonds is 7. The summed E-state index contributed by atoms with van der Waals surface area (Å²) in [6.07, 6.45) is -1.38. The van der Waals surface area contributed by atoms with Crippen LogP contribution in [-0.2, 0) is 14.2 Å². The zero-order valence-electron chi connectivity index (χ0n) is 8.97. The number of carbonyl (C=O) groups excluding carboxylic acids is 2. The van der Waals surface area contributed by atoms with E-state index in [-0.39, 0.29) is 12.6 Å². The molecular formula is C8H15NO6P-. The van der Waals surface area contributed by atoms with E-state index in [0.29, 0.717) is 0 Å². The van der Waals surface area contributed by atoms with E-state index >= 15 is 0 Å².